The van der Waals surface area contributed by atoms with Crippen LogP contribution in [0.3, 0.4) is 0 Å². The maximum atomic E-state index is 12.5. The van der Waals surface area contributed by atoms with Gasteiger partial charge in [0, 0.05) is 18.8 Å². The van der Waals surface area contributed by atoms with Crippen LogP contribution in [0.15, 0.2) is 18.2 Å². The zero-order chi connectivity index (χ0) is 14.4. The molecule has 1 amide bonds. The molecule has 0 aromatic heterocycles. The first kappa shape index (κ1) is 15.7. The van der Waals surface area contributed by atoms with E-state index in [-0.39, 0.29) is 11.9 Å². The predicted molar refractivity (Wildman–Crippen MR) is 82.0 cm³/mol. The molecule has 0 fully saturated rings. The summed E-state index contributed by atoms with van der Waals surface area (Å²) in [7, 11) is 1.81. The Hall–Kier alpha value is -1.36. The Bertz CT molecular complexity index is 437. The molecule has 2 N–H and O–H groups in total. The number of hydrogen-bond acceptors (Lipinski definition) is 4. The van der Waals surface area contributed by atoms with Gasteiger partial charge in [-0.2, -0.15) is 11.8 Å². The van der Waals surface area contributed by atoms with Gasteiger partial charge in [0.05, 0.1) is 17.9 Å². The fraction of sp³-hybridized carbons (Fsp3) is 0.500. The summed E-state index contributed by atoms with van der Waals surface area (Å²) in [6, 6.07) is 5.44. The summed E-state index contributed by atoms with van der Waals surface area (Å²) < 4.78 is 5.50. The number of hydrogen-bond donors (Lipinski definition) is 1. The molecule has 1 rings (SSSR count). The number of nitrogen functional groups attached to an aromatic ring is 1. The molecule has 0 saturated carbocycles. The second kappa shape index (κ2) is 7.28. The number of para-hydroxylation sites is 1. The SMILES string of the molecule is CCOc1c(N)cccc1C(=O)N(C)C(C)CSC. The third-order valence-electron chi connectivity index (χ3n) is 2.95. The predicted octanol–water partition coefficient (Wildman–Crippen LogP) is 2.49. The maximum Gasteiger partial charge on any atom is 0.257 e. The number of ether oxygens (including phenoxy) is 1. The van der Waals surface area contributed by atoms with E-state index in [2.05, 4.69) is 0 Å². The fourth-order valence-corrected chi connectivity index (χ4v) is 2.48. The standard InChI is InChI=1S/C14H22N2O2S/c1-5-18-13-11(7-6-8-12(13)15)14(17)16(3)10(2)9-19-4/h6-8,10H,5,9,15H2,1-4H3. The van der Waals surface area contributed by atoms with Crippen molar-refractivity contribution < 1.29 is 9.53 Å². The minimum atomic E-state index is -0.0581. The van der Waals surface area contributed by atoms with E-state index in [1.54, 1.807) is 34.9 Å². The van der Waals surface area contributed by atoms with E-state index in [1.807, 2.05) is 27.2 Å². The summed E-state index contributed by atoms with van der Waals surface area (Å²) in [5.41, 5.74) is 6.90. The topological polar surface area (TPSA) is 55.6 Å². The fourth-order valence-electron chi connectivity index (χ4n) is 1.77. The number of carbonyl (C=O) groups excluding carboxylic acids is 1. The minimum absolute atomic E-state index is 0.0581. The molecule has 0 aliphatic carbocycles. The van der Waals surface area contributed by atoms with Gasteiger partial charge in [-0.1, -0.05) is 6.07 Å². The number of benzene rings is 1. The van der Waals surface area contributed by atoms with Gasteiger partial charge in [0.1, 0.15) is 0 Å². The summed E-state index contributed by atoms with van der Waals surface area (Å²) >= 11 is 1.72. The van der Waals surface area contributed by atoms with E-state index in [9.17, 15) is 4.79 Å². The van der Waals surface area contributed by atoms with Gasteiger partial charge in [0.25, 0.3) is 5.91 Å². The van der Waals surface area contributed by atoms with Crippen molar-refractivity contribution in [2.45, 2.75) is 19.9 Å². The number of anilines is 1. The largest absolute Gasteiger partial charge is 0.491 e. The smallest absolute Gasteiger partial charge is 0.257 e. The third kappa shape index (κ3) is 3.80. The lowest BCUT2D eigenvalue weighted by molar-refractivity contribution is 0.0753. The zero-order valence-electron chi connectivity index (χ0n) is 12.0. The van der Waals surface area contributed by atoms with Crippen LogP contribution in [0, 0.1) is 0 Å². The average molecular weight is 282 g/mol. The minimum Gasteiger partial charge on any atom is -0.491 e. The molecule has 1 unspecified atom stereocenters. The van der Waals surface area contributed by atoms with Crippen LogP contribution in [0.2, 0.25) is 0 Å². The lowest BCUT2D eigenvalue weighted by Gasteiger charge is -2.25. The third-order valence-corrected chi connectivity index (χ3v) is 3.77. The van der Waals surface area contributed by atoms with Gasteiger partial charge < -0.3 is 15.4 Å². The van der Waals surface area contributed by atoms with Crippen LogP contribution in [-0.2, 0) is 0 Å². The molecular formula is C14H22N2O2S. The molecule has 1 aromatic rings. The lowest BCUT2D eigenvalue weighted by Crippen LogP contribution is -2.36. The van der Waals surface area contributed by atoms with Crippen molar-refractivity contribution in [3.8, 4) is 5.75 Å². The van der Waals surface area contributed by atoms with Crippen molar-refractivity contribution in [1.82, 2.24) is 4.90 Å². The van der Waals surface area contributed by atoms with Crippen molar-refractivity contribution in [3.05, 3.63) is 23.8 Å². The van der Waals surface area contributed by atoms with E-state index in [0.29, 0.717) is 23.6 Å². The van der Waals surface area contributed by atoms with Crippen molar-refractivity contribution in [2.75, 3.05) is 31.4 Å². The molecule has 19 heavy (non-hydrogen) atoms. The molecule has 0 aliphatic rings. The van der Waals surface area contributed by atoms with Gasteiger partial charge in [-0.15, -0.1) is 0 Å². The Morgan fingerprint density at radius 2 is 2.21 bits per heavy atom. The van der Waals surface area contributed by atoms with Gasteiger partial charge in [-0.25, -0.2) is 0 Å². The quantitative estimate of drug-likeness (QED) is 0.814. The van der Waals surface area contributed by atoms with Crippen molar-refractivity contribution in [2.24, 2.45) is 0 Å². The lowest BCUT2D eigenvalue weighted by atomic mass is 10.1. The van der Waals surface area contributed by atoms with E-state index in [0.717, 1.165) is 5.75 Å². The Morgan fingerprint density at radius 1 is 1.53 bits per heavy atom. The first-order valence-corrected chi connectivity index (χ1v) is 7.69. The molecule has 4 nitrogen and oxygen atoms in total. The van der Waals surface area contributed by atoms with Gasteiger partial charge in [-0.05, 0) is 32.2 Å². The van der Waals surface area contributed by atoms with Crippen LogP contribution in [-0.4, -0.2) is 42.5 Å². The number of rotatable bonds is 6. The van der Waals surface area contributed by atoms with Crippen LogP contribution in [0.1, 0.15) is 24.2 Å². The van der Waals surface area contributed by atoms with Gasteiger partial charge in [0.2, 0.25) is 0 Å². The normalized spacial score (nSPS) is 12.0. The molecule has 1 aromatic carbocycles. The highest BCUT2D eigenvalue weighted by molar-refractivity contribution is 7.98. The summed E-state index contributed by atoms with van der Waals surface area (Å²) in [6.45, 7) is 4.39. The monoisotopic (exact) mass is 282 g/mol. The molecule has 5 heteroatoms. The first-order valence-electron chi connectivity index (χ1n) is 6.30. The zero-order valence-corrected chi connectivity index (χ0v) is 12.8. The highest BCUT2D eigenvalue weighted by Crippen LogP contribution is 2.27. The number of nitrogens with zero attached hydrogens (tertiary/aromatic N) is 1. The summed E-state index contributed by atoms with van der Waals surface area (Å²) in [5, 5.41) is 0. The molecule has 0 heterocycles. The van der Waals surface area contributed by atoms with E-state index >= 15 is 0 Å². The molecule has 0 spiro atoms. The number of thioether (sulfide) groups is 1. The highest BCUT2D eigenvalue weighted by Gasteiger charge is 2.21. The number of amides is 1. The van der Waals surface area contributed by atoms with Crippen LogP contribution in [0.25, 0.3) is 0 Å². The summed E-state index contributed by atoms with van der Waals surface area (Å²) in [6.07, 6.45) is 2.03. The van der Waals surface area contributed by atoms with Gasteiger partial charge in [0.15, 0.2) is 5.75 Å². The molecule has 0 saturated heterocycles. The van der Waals surface area contributed by atoms with Gasteiger partial charge >= 0.3 is 0 Å². The van der Waals surface area contributed by atoms with Crippen LogP contribution in [0.5, 0.6) is 5.75 Å². The van der Waals surface area contributed by atoms with Crippen LogP contribution in [0.4, 0.5) is 5.69 Å². The number of nitrogens with two attached hydrogens (primary N) is 1. The first-order chi connectivity index (χ1) is 9.02. The van der Waals surface area contributed by atoms with Crippen LogP contribution < -0.4 is 10.5 Å². The second-order valence-electron chi connectivity index (χ2n) is 4.38. The maximum absolute atomic E-state index is 12.5. The van der Waals surface area contributed by atoms with Gasteiger partial charge in [-0.3, -0.25) is 4.79 Å². The molecule has 0 radical (unpaired) electrons. The van der Waals surface area contributed by atoms with Crippen molar-refractivity contribution in [3.63, 3.8) is 0 Å². The van der Waals surface area contributed by atoms with E-state index < -0.39 is 0 Å². The van der Waals surface area contributed by atoms with E-state index in [4.69, 9.17) is 10.5 Å². The molecule has 0 aliphatic heterocycles. The highest BCUT2D eigenvalue weighted by atomic mass is 32.2. The van der Waals surface area contributed by atoms with E-state index in [1.165, 1.54) is 0 Å². The second-order valence-corrected chi connectivity index (χ2v) is 5.29. The Morgan fingerprint density at radius 3 is 2.79 bits per heavy atom. The average Bonchev–Trinajstić information content (AvgIpc) is 2.40. The Kier molecular flexibility index (Phi) is 6.02. The molecule has 1 atom stereocenters. The molecule has 106 valence electrons. The number of carbonyl (C=O) groups is 1. The Balaban J connectivity index is 3.02. The van der Waals surface area contributed by atoms with Crippen LogP contribution >= 0.6 is 11.8 Å². The molecule has 0 bridgehead atoms. The molecular weight excluding hydrogens is 260 g/mol. The summed E-state index contributed by atoms with van der Waals surface area (Å²) in [5.74, 6) is 1.32. The summed E-state index contributed by atoms with van der Waals surface area (Å²) in [4.78, 5) is 14.2. The van der Waals surface area contributed by atoms with Crippen molar-refractivity contribution in [1.29, 1.82) is 0 Å². The van der Waals surface area contributed by atoms with Crippen molar-refractivity contribution >= 4 is 23.4 Å². The Labute approximate surface area is 119 Å².